The molecule has 0 radical (unpaired) electrons. The first kappa shape index (κ1) is 21.0. The van der Waals surface area contributed by atoms with E-state index in [9.17, 15) is 4.79 Å². The summed E-state index contributed by atoms with van der Waals surface area (Å²) in [6.45, 7) is 8.00. The molecule has 3 rings (SSSR count). The fourth-order valence-electron chi connectivity index (χ4n) is 2.80. The lowest BCUT2D eigenvalue weighted by molar-refractivity contribution is -2.00. The van der Waals surface area contributed by atoms with Crippen molar-refractivity contribution in [1.29, 1.82) is 0 Å². The summed E-state index contributed by atoms with van der Waals surface area (Å²) in [7, 11) is -4.94. The first-order chi connectivity index (χ1) is 12.4. The molecule has 1 aromatic carbocycles. The van der Waals surface area contributed by atoms with Crippen LogP contribution in [0.2, 0.25) is 0 Å². The second kappa shape index (κ2) is 7.75. The first-order valence-electron chi connectivity index (χ1n) is 8.03. The summed E-state index contributed by atoms with van der Waals surface area (Å²) in [5.74, 6) is 0.303. The maximum absolute atomic E-state index is 11.4. The summed E-state index contributed by atoms with van der Waals surface area (Å²) in [6.07, 6.45) is 4.02. The van der Waals surface area contributed by atoms with Gasteiger partial charge in [-0.25, -0.2) is 18.6 Å². The molecule has 0 aliphatic carbocycles. The molecule has 0 unspecified atom stereocenters. The van der Waals surface area contributed by atoms with Crippen LogP contribution in [0.5, 0.6) is 5.75 Å². The largest absolute Gasteiger partial charge is 0.426 e. The van der Waals surface area contributed by atoms with Crippen molar-refractivity contribution in [3.8, 4) is 5.75 Å². The Morgan fingerprint density at radius 1 is 1.04 bits per heavy atom. The van der Waals surface area contributed by atoms with Gasteiger partial charge in [0.15, 0.2) is 12.4 Å². The number of pyridine rings is 2. The van der Waals surface area contributed by atoms with Gasteiger partial charge < -0.3 is 4.74 Å². The molecule has 2 aromatic heterocycles. The van der Waals surface area contributed by atoms with Gasteiger partial charge in [-0.2, -0.15) is 4.40 Å². The number of halogens is 1. The van der Waals surface area contributed by atoms with E-state index in [0.29, 0.717) is 5.75 Å². The Morgan fingerprint density at radius 2 is 1.67 bits per heavy atom. The molecule has 0 saturated heterocycles. The topological polar surface area (TPSA) is 123 Å². The zero-order valence-electron chi connectivity index (χ0n) is 15.4. The van der Waals surface area contributed by atoms with Crippen LogP contribution in [0.15, 0.2) is 48.8 Å². The van der Waals surface area contributed by atoms with Crippen molar-refractivity contribution in [3.05, 3.63) is 54.4 Å². The molecule has 8 heteroatoms. The Balaban J connectivity index is 0.000000465. The highest BCUT2D eigenvalue weighted by Crippen LogP contribution is 2.35. The van der Waals surface area contributed by atoms with Gasteiger partial charge in [0.05, 0.1) is 5.39 Å². The van der Waals surface area contributed by atoms with E-state index in [0.717, 1.165) is 16.3 Å². The molecular formula is C19H20ClNO6. The molecule has 0 atom stereocenters. The average Bonchev–Trinajstić information content (AvgIpc) is 2.50. The van der Waals surface area contributed by atoms with Gasteiger partial charge in [0.25, 0.3) is 0 Å². The zero-order valence-corrected chi connectivity index (χ0v) is 16.1. The molecule has 0 spiro atoms. The second-order valence-corrected chi connectivity index (χ2v) is 7.72. The van der Waals surface area contributed by atoms with Crippen molar-refractivity contribution in [3.63, 3.8) is 0 Å². The highest BCUT2D eigenvalue weighted by Gasteiger charge is 2.21. The van der Waals surface area contributed by atoms with Gasteiger partial charge in [-0.15, -0.1) is 10.2 Å². The van der Waals surface area contributed by atoms with Crippen molar-refractivity contribution in [2.45, 2.75) is 33.1 Å². The highest BCUT2D eigenvalue weighted by atomic mass is 35.7. The molecule has 0 amide bonds. The van der Waals surface area contributed by atoms with Crippen LogP contribution in [-0.4, -0.2) is 5.97 Å². The number of rotatable bonds is 1. The Hall–Kier alpha value is -2.29. The van der Waals surface area contributed by atoms with Crippen LogP contribution in [0, 0.1) is 10.2 Å². The van der Waals surface area contributed by atoms with Crippen LogP contribution in [0.25, 0.3) is 16.3 Å². The Bertz CT molecular complexity index is 969. The van der Waals surface area contributed by atoms with Gasteiger partial charge >= 0.3 is 5.97 Å². The van der Waals surface area contributed by atoms with Crippen molar-refractivity contribution in [2.24, 2.45) is 0 Å². The molecule has 0 bridgehead atoms. The van der Waals surface area contributed by atoms with Crippen LogP contribution < -0.4 is 27.8 Å². The van der Waals surface area contributed by atoms with Crippen LogP contribution in [0.3, 0.4) is 0 Å². The molecule has 0 N–H and O–H groups in total. The van der Waals surface area contributed by atoms with Gasteiger partial charge in [0.2, 0.25) is 5.52 Å². The predicted octanol–water partition coefficient (Wildman–Crippen LogP) is -0.955. The van der Waals surface area contributed by atoms with E-state index in [4.69, 9.17) is 23.4 Å². The maximum Gasteiger partial charge on any atom is 0.308 e. The minimum Gasteiger partial charge on any atom is -0.426 e. The second-order valence-electron chi connectivity index (χ2n) is 6.97. The van der Waals surface area contributed by atoms with E-state index in [1.165, 1.54) is 12.5 Å². The number of nitrogens with zero attached hydrogens (tertiary/aromatic N) is 1. The van der Waals surface area contributed by atoms with Gasteiger partial charge in [-0.3, -0.25) is 4.79 Å². The summed E-state index contributed by atoms with van der Waals surface area (Å²) in [5, 5.41) is 2.07. The fourth-order valence-corrected chi connectivity index (χ4v) is 2.80. The third-order valence-electron chi connectivity index (χ3n) is 3.79. The minimum atomic E-state index is -4.94. The Labute approximate surface area is 158 Å². The van der Waals surface area contributed by atoms with Crippen LogP contribution in [0.4, 0.5) is 0 Å². The zero-order chi connectivity index (χ0) is 20.4. The quantitative estimate of drug-likeness (QED) is 0.227. The lowest BCUT2D eigenvalue weighted by Crippen LogP contribution is -2.68. The van der Waals surface area contributed by atoms with Crippen LogP contribution >= 0.6 is 0 Å². The summed E-state index contributed by atoms with van der Waals surface area (Å²) < 4.78 is 41.4. The van der Waals surface area contributed by atoms with Crippen molar-refractivity contribution in [2.75, 3.05) is 0 Å². The van der Waals surface area contributed by atoms with Crippen molar-refractivity contribution >= 4 is 22.3 Å². The van der Waals surface area contributed by atoms with E-state index in [2.05, 4.69) is 39.0 Å². The van der Waals surface area contributed by atoms with Crippen LogP contribution in [0.1, 0.15) is 33.3 Å². The molecule has 0 fully saturated rings. The van der Waals surface area contributed by atoms with E-state index >= 15 is 0 Å². The number of benzene rings is 1. The average molecular weight is 394 g/mol. The summed E-state index contributed by atoms with van der Waals surface area (Å²) in [6, 6.07) is 12.2. The molecule has 7 nitrogen and oxygen atoms in total. The van der Waals surface area contributed by atoms with Gasteiger partial charge in [0, 0.05) is 30.5 Å². The molecule has 0 aliphatic heterocycles. The van der Waals surface area contributed by atoms with Crippen molar-refractivity contribution < 1.29 is 42.8 Å². The number of hydrogen-bond donors (Lipinski definition) is 0. The SMILES string of the molecule is CC(=O)Oc1ccc(C(C)(C)C)c2cc3cccc[n+]3cc12.[O-][Cl+3]([O-])([O-])[O-]. The number of carbonyl (C=O) groups is 1. The third kappa shape index (κ3) is 5.85. The van der Waals surface area contributed by atoms with Gasteiger partial charge in [0.1, 0.15) is 5.75 Å². The number of esters is 1. The lowest BCUT2D eigenvalue weighted by atomic mass is 9.84. The molecular weight excluding hydrogens is 374 g/mol. The smallest absolute Gasteiger partial charge is 0.308 e. The Kier molecular flexibility index (Phi) is 6.04. The molecule has 27 heavy (non-hydrogen) atoms. The van der Waals surface area contributed by atoms with Gasteiger partial charge in [-0.05, 0) is 23.1 Å². The Morgan fingerprint density at radius 3 is 2.22 bits per heavy atom. The molecule has 2 heterocycles. The fraction of sp³-hybridized carbons (Fsp3) is 0.263. The highest BCUT2D eigenvalue weighted by molar-refractivity contribution is 5.93. The number of hydrogen-bond acceptors (Lipinski definition) is 6. The summed E-state index contributed by atoms with van der Waals surface area (Å²) >= 11 is 0. The predicted molar refractivity (Wildman–Crippen MR) is 87.1 cm³/mol. The number of carbonyl (C=O) groups excluding carboxylic acids is 1. The van der Waals surface area contributed by atoms with Crippen molar-refractivity contribution in [1.82, 2.24) is 0 Å². The number of ether oxygens (including phenoxy) is 1. The maximum atomic E-state index is 11.4. The summed E-state index contributed by atoms with van der Waals surface area (Å²) in [4.78, 5) is 11.4. The number of fused-ring (bicyclic) bond motifs is 2. The number of aromatic nitrogens is 1. The van der Waals surface area contributed by atoms with E-state index in [1.807, 2.05) is 35.0 Å². The molecule has 0 saturated carbocycles. The third-order valence-corrected chi connectivity index (χ3v) is 3.79. The van der Waals surface area contributed by atoms with Gasteiger partial charge in [-0.1, -0.05) is 26.8 Å². The van der Waals surface area contributed by atoms with Crippen LogP contribution in [-0.2, 0) is 10.2 Å². The lowest BCUT2D eigenvalue weighted by Gasteiger charge is -2.21. The monoisotopic (exact) mass is 393 g/mol. The minimum absolute atomic E-state index is 0.0140. The summed E-state index contributed by atoms with van der Waals surface area (Å²) in [5.41, 5.74) is 2.37. The molecule has 3 aromatic rings. The standard InChI is InChI=1S/C19H20NO2.ClHO4/c1-13(21)22-18-9-8-17(19(2,3)4)15-11-14-7-5-6-10-20(14)12-16(15)18;2-1(3,4)5/h5-12H,1-4H3;(H,2,3,4,5)/q+1;/p-1. The van der Waals surface area contributed by atoms with E-state index < -0.39 is 10.2 Å². The molecule has 144 valence electrons. The normalized spacial score (nSPS) is 11.9. The first-order valence-corrected chi connectivity index (χ1v) is 9.27. The molecule has 0 aliphatic rings. The van der Waals surface area contributed by atoms with E-state index in [-0.39, 0.29) is 11.4 Å². The van der Waals surface area contributed by atoms with E-state index in [1.54, 1.807) is 0 Å².